The van der Waals surface area contributed by atoms with Gasteiger partial charge in [0.25, 0.3) is 11.7 Å². The molecular weight excluding hydrogens is 466 g/mol. The van der Waals surface area contributed by atoms with Crippen LogP contribution in [-0.2, 0) is 14.3 Å². The summed E-state index contributed by atoms with van der Waals surface area (Å²) in [7, 11) is 0. The number of hydrogen-bond acceptors (Lipinski definition) is 6. The van der Waals surface area contributed by atoms with Crippen molar-refractivity contribution in [3.8, 4) is 5.75 Å². The maximum Gasteiger partial charge on any atom is 0.295 e. The number of carbonyl (C=O) groups excluding carboxylic acids is 2. The van der Waals surface area contributed by atoms with Crippen molar-refractivity contribution in [2.24, 2.45) is 0 Å². The number of ether oxygens (including phenoxy) is 2. The van der Waals surface area contributed by atoms with Gasteiger partial charge < -0.3 is 24.6 Å². The van der Waals surface area contributed by atoms with Crippen molar-refractivity contribution in [3.63, 3.8) is 0 Å². The van der Waals surface area contributed by atoms with Crippen LogP contribution < -0.4 is 4.74 Å². The zero-order chi connectivity index (χ0) is 22.4. The fraction of sp³-hybridized carbons (Fsp3) is 0.304. The highest BCUT2D eigenvalue weighted by atomic mass is 79.9. The van der Waals surface area contributed by atoms with E-state index < -0.39 is 17.7 Å². The van der Waals surface area contributed by atoms with Crippen LogP contribution in [0.3, 0.4) is 0 Å². The summed E-state index contributed by atoms with van der Waals surface area (Å²) in [4.78, 5) is 27.1. The van der Waals surface area contributed by atoms with Crippen LogP contribution in [0.25, 0.3) is 5.76 Å². The van der Waals surface area contributed by atoms with Gasteiger partial charge in [0.15, 0.2) is 0 Å². The van der Waals surface area contributed by atoms with E-state index in [2.05, 4.69) is 15.9 Å². The number of aliphatic hydroxyl groups excluding tert-OH is 2. The molecule has 1 fully saturated rings. The van der Waals surface area contributed by atoms with Gasteiger partial charge in [0.05, 0.1) is 38.0 Å². The van der Waals surface area contributed by atoms with Crippen molar-refractivity contribution in [2.75, 3.05) is 33.0 Å². The molecule has 0 radical (unpaired) electrons. The molecule has 1 amide bonds. The van der Waals surface area contributed by atoms with Gasteiger partial charge >= 0.3 is 0 Å². The molecule has 0 spiro atoms. The molecule has 0 bridgehead atoms. The van der Waals surface area contributed by atoms with E-state index in [9.17, 15) is 14.7 Å². The van der Waals surface area contributed by atoms with Gasteiger partial charge in [0, 0.05) is 16.6 Å². The minimum Gasteiger partial charge on any atom is -0.507 e. The number of amides is 1. The van der Waals surface area contributed by atoms with Gasteiger partial charge in [-0.1, -0.05) is 40.2 Å². The van der Waals surface area contributed by atoms with Gasteiger partial charge in [0.1, 0.15) is 11.5 Å². The molecule has 164 valence electrons. The number of benzene rings is 2. The maximum absolute atomic E-state index is 12.9. The molecule has 2 N–H and O–H groups in total. The Hall–Kier alpha value is -2.68. The van der Waals surface area contributed by atoms with Gasteiger partial charge in [-0.05, 0) is 36.8 Å². The minimum atomic E-state index is -0.767. The van der Waals surface area contributed by atoms with E-state index >= 15 is 0 Å². The van der Waals surface area contributed by atoms with Crippen molar-refractivity contribution >= 4 is 33.4 Å². The molecule has 7 nitrogen and oxygen atoms in total. The van der Waals surface area contributed by atoms with Crippen LogP contribution >= 0.6 is 15.9 Å². The van der Waals surface area contributed by atoms with Crippen molar-refractivity contribution in [1.29, 1.82) is 0 Å². The summed E-state index contributed by atoms with van der Waals surface area (Å²) >= 11 is 3.35. The summed E-state index contributed by atoms with van der Waals surface area (Å²) in [5.41, 5.74) is 1.13. The Balaban J connectivity index is 2.03. The van der Waals surface area contributed by atoms with Crippen LogP contribution in [0.4, 0.5) is 0 Å². The van der Waals surface area contributed by atoms with Crippen molar-refractivity contribution in [2.45, 2.75) is 13.0 Å². The molecule has 8 heteroatoms. The van der Waals surface area contributed by atoms with E-state index in [1.807, 2.05) is 6.92 Å². The van der Waals surface area contributed by atoms with E-state index in [0.29, 0.717) is 23.5 Å². The fourth-order valence-corrected chi connectivity index (χ4v) is 3.73. The summed E-state index contributed by atoms with van der Waals surface area (Å²) in [6, 6.07) is 13.2. The molecule has 2 aromatic carbocycles. The fourth-order valence-electron chi connectivity index (χ4n) is 3.46. The van der Waals surface area contributed by atoms with Gasteiger partial charge in [-0.15, -0.1) is 0 Å². The molecule has 0 aliphatic carbocycles. The highest BCUT2D eigenvalue weighted by molar-refractivity contribution is 9.10. The van der Waals surface area contributed by atoms with Crippen molar-refractivity contribution in [1.82, 2.24) is 4.90 Å². The summed E-state index contributed by atoms with van der Waals surface area (Å²) in [5, 5.41) is 19.9. The number of likely N-dealkylation sites (tertiary alicyclic amines) is 1. The predicted molar refractivity (Wildman–Crippen MR) is 119 cm³/mol. The molecule has 1 aliphatic heterocycles. The predicted octanol–water partition coefficient (Wildman–Crippen LogP) is 3.28. The molecule has 1 saturated heterocycles. The smallest absolute Gasteiger partial charge is 0.295 e. The van der Waals surface area contributed by atoms with Gasteiger partial charge in [-0.2, -0.15) is 0 Å². The average molecular weight is 490 g/mol. The van der Waals surface area contributed by atoms with E-state index in [1.54, 1.807) is 48.5 Å². The second-order valence-electron chi connectivity index (χ2n) is 6.84. The molecule has 1 heterocycles. The number of rotatable bonds is 9. The Morgan fingerprint density at radius 1 is 1.06 bits per heavy atom. The topological polar surface area (TPSA) is 96.3 Å². The molecule has 1 unspecified atom stereocenters. The second-order valence-corrected chi connectivity index (χ2v) is 7.75. The Bertz CT molecular complexity index is 955. The van der Waals surface area contributed by atoms with Gasteiger partial charge in [0.2, 0.25) is 0 Å². The third-order valence-corrected chi connectivity index (χ3v) is 5.41. The molecular formula is C23H24BrNO6. The Kier molecular flexibility index (Phi) is 7.84. The number of carbonyl (C=O) groups is 2. The largest absolute Gasteiger partial charge is 0.507 e. The summed E-state index contributed by atoms with van der Waals surface area (Å²) in [6.45, 7) is 2.69. The SMILES string of the molecule is CCOc1ccc(C2/C(=C(\O)c3ccc(Br)cc3)C(=O)C(=O)N2CCOCCO)cc1. The molecule has 3 rings (SSSR count). The zero-order valence-electron chi connectivity index (χ0n) is 17.1. The quantitative estimate of drug-likeness (QED) is 0.243. The standard InChI is InChI=1S/C23H24BrNO6/c1-2-31-18-9-5-15(6-10-18)20-19(21(27)16-3-7-17(24)8-4-16)22(28)23(29)25(20)11-13-30-14-12-26/h3-10,20,26-27H,2,11-14H2,1H3/b21-19+. The van der Waals surface area contributed by atoms with Crippen LogP contribution in [0, 0.1) is 0 Å². The van der Waals surface area contributed by atoms with Crippen molar-refractivity contribution < 1.29 is 29.3 Å². The molecule has 31 heavy (non-hydrogen) atoms. The van der Waals surface area contributed by atoms with Crippen LogP contribution in [-0.4, -0.2) is 59.8 Å². The van der Waals surface area contributed by atoms with Crippen LogP contribution in [0.5, 0.6) is 5.75 Å². The van der Waals surface area contributed by atoms with E-state index in [0.717, 1.165) is 4.47 Å². The first kappa shape index (κ1) is 23.0. The number of hydrogen-bond donors (Lipinski definition) is 2. The van der Waals surface area contributed by atoms with Crippen molar-refractivity contribution in [3.05, 3.63) is 69.7 Å². The van der Waals surface area contributed by atoms with Crippen LogP contribution in [0.1, 0.15) is 24.1 Å². The van der Waals surface area contributed by atoms with E-state index in [-0.39, 0.29) is 37.7 Å². The second kappa shape index (κ2) is 10.6. The van der Waals surface area contributed by atoms with Gasteiger partial charge in [-0.25, -0.2) is 0 Å². The Morgan fingerprint density at radius 3 is 2.35 bits per heavy atom. The third-order valence-electron chi connectivity index (χ3n) is 4.88. The first-order chi connectivity index (χ1) is 15.0. The Morgan fingerprint density at radius 2 is 1.74 bits per heavy atom. The summed E-state index contributed by atoms with van der Waals surface area (Å²) < 4.78 is 11.6. The highest BCUT2D eigenvalue weighted by Gasteiger charge is 2.45. The number of nitrogens with zero attached hydrogens (tertiary/aromatic N) is 1. The first-order valence-corrected chi connectivity index (χ1v) is 10.7. The lowest BCUT2D eigenvalue weighted by atomic mass is 9.95. The number of halogens is 1. The number of Topliss-reactive ketones (excluding diaryl/α,β-unsaturated/α-hetero) is 1. The lowest BCUT2D eigenvalue weighted by Crippen LogP contribution is -2.33. The molecule has 1 aliphatic rings. The first-order valence-electron chi connectivity index (χ1n) is 9.93. The van der Waals surface area contributed by atoms with Crippen LogP contribution in [0.2, 0.25) is 0 Å². The Labute approximate surface area is 189 Å². The highest BCUT2D eigenvalue weighted by Crippen LogP contribution is 2.39. The summed E-state index contributed by atoms with van der Waals surface area (Å²) in [6.07, 6.45) is 0. The lowest BCUT2D eigenvalue weighted by molar-refractivity contribution is -0.140. The summed E-state index contributed by atoms with van der Waals surface area (Å²) in [5.74, 6) is -1.02. The van der Waals surface area contributed by atoms with Gasteiger partial charge in [-0.3, -0.25) is 9.59 Å². The number of ketones is 1. The van der Waals surface area contributed by atoms with E-state index in [4.69, 9.17) is 14.6 Å². The molecule has 2 aromatic rings. The zero-order valence-corrected chi connectivity index (χ0v) is 18.7. The average Bonchev–Trinajstić information content (AvgIpc) is 3.02. The molecule has 0 aromatic heterocycles. The maximum atomic E-state index is 12.9. The molecule has 0 saturated carbocycles. The third kappa shape index (κ3) is 5.15. The minimum absolute atomic E-state index is 0.0265. The number of aliphatic hydroxyl groups is 2. The van der Waals surface area contributed by atoms with E-state index in [1.165, 1.54) is 4.90 Å². The monoisotopic (exact) mass is 489 g/mol. The van der Waals surface area contributed by atoms with Crippen LogP contribution in [0.15, 0.2) is 58.6 Å². The lowest BCUT2D eigenvalue weighted by Gasteiger charge is -2.25. The normalized spacial score (nSPS) is 17.9. The molecule has 1 atom stereocenters.